The van der Waals surface area contributed by atoms with Gasteiger partial charge in [-0.25, -0.2) is 0 Å². The summed E-state index contributed by atoms with van der Waals surface area (Å²) >= 11 is 0. The Hall–Kier alpha value is -2.70. The van der Waals surface area contributed by atoms with E-state index in [2.05, 4.69) is 48.6 Å². The van der Waals surface area contributed by atoms with Crippen LogP contribution >= 0.6 is 0 Å². The lowest BCUT2D eigenvalue weighted by Crippen LogP contribution is -2.39. The summed E-state index contributed by atoms with van der Waals surface area (Å²) in [6, 6.07) is 8.12. The van der Waals surface area contributed by atoms with E-state index in [1.54, 1.807) is 6.20 Å². The Morgan fingerprint density at radius 1 is 1.21 bits per heavy atom. The van der Waals surface area contributed by atoms with Crippen molar-refractivity contribution in [2.75, 3.05) is 32.8 Å². The Balaban J connectivity index is 1.57. The van der Waals surface area contributed by atoms with Gasteiger partial charge in [-0.2, -0.15) is 5.10 Å². The molecule has 2 N–H and O–H groups in total. The molecule has 1 aromatic heterocycles. The minimum atomic E-state index is -0.118. The summed E-state index contributed by atoms with van der Waals surface area (Å²) in [6.07, 6.45) is 4.77. The maximum absolute atomic E-state index is 5.73. The number of fused-ring (bicyclic) bond motifs is 1. The molecule has 1 aliphatic heterocycles. The van der Waals surface area contributed by atoms with Crippen molar-refractivity contribution in [1.29, 1.82) is 0 Å². The molecule has 1 aromatic carbocycles. The fourth-order valence-corrected chi connectivity index (χ4v) is 3.05. The van der Waals surface area contributed by atoms with E-state index in [0.717, 1.165) is 43.5 Å². The van der Waals surface area contributed by atoms with Crippen LogP contribution in [0.3, 0.4) is 0 Å². The van der Waals surface area contributed by atoms with Crippen molar-refractivity contribution < 1.29 is 9.47 Å². The number of ether oxygens (including phenoxy) is 2. The van der Waals surface area contributed by atoms with E-state index in [-0.39, 0.29) is 5.41 Å². The third-order valence-corrected chi connectivity index (χ3v) is 4.72. The maximum Gasteiger partial charge on any atom is 0.191 e. The Morgan fingerprint density at radius 2 is 2.04 bits per heavy atom. The molecule has 28 heavy (non-hydrogen) atoms. The number of aliphatic imine (C=N–C) groups is 1. The topological polar surface area (TPSA) is 72.7 Å². The lowest BCUT2D eigenvalue weighted by molar-refractivity contribution is 0.171. The largest absolute Gasteiger partial charge is 0.486 e. The van der Waals surface area contributed by atoms with Crippen molar-refractivity contribution in [2.45, 2.75) is 39.2 Å². The lowest BCUT2D eigenvalue weighted by Gasteiger charge is -2.26. The van der Waals surface area contributed by atoms with Crippen LogP contribution in [0.25, 0.3) is 0 Å². The quantitative estimate of drug-likeness (QED) is 0.415. The molecule has 2 heterocycles. The molecule has 1 aliphatic rings. The molecule has 0 unspecified atom stereocenters. The predicted molar refractivity (Wildman–Crippen MR) is 111 cm³/mol. The van der Waals surface area contributed by atoms with Crippen LogP contribution in [-0.4, -0.2) is 48.6 Å². The van der Waals surface area contributed by atoms with Gasteiger partial charge < -0.3 is 20.1 Å². The number of aryl methyl sites for hydroxylation is 1. The molecule has 0 saturated carbocycles. The number of aromatic nitrogens is 2. The highest BCUT2D eigenvalue weighted by atomic mass is 16.6. The van der Waals surface area contributed by atoms with Gasteiger partial charge in [0.1, 0.15) is 13.2 Å². The maximum atomic E-state index is 5.73. The van der Waals surface area contributed by atoms with Gasteiger partial charge in [0.15, 0.2) is 17.5 Å². The van der Waals surface area contributed by atoms with Crippen LogP contribution in [0.1, 0.15) is 32.8 Å². The molecule has 7 heteroatoms. The number of nitrogens with one attached hydrogen (secondary N) is 2. The molecule has 3 rings (SSSR count). The number of rotatable bonds is 8. The van der Waals surface area contributed by atoms with Crippen LogP contribution in [0, 0.1) is 0 Å². The van der Waals surface area contributed by atoms with Crippen LogP contribution in [0.4, 0.5) is 0 Å². The molecule has 0 atom stereocenters. The Kier molecular flexibility index (Phi) is 6.79. The standard InChI is InChI=1S/C21H31N5O2/c1-4-22-20(23-9-5-11-26-12-6-10-25-26)24-16-21(2,3)17-7-8-18-19(15-17)28-14-13-27-18/h6-8,10,12,15H,4-5,9,11,13-14,16H2,1-3H3,(H2,22,23,24). The van der Waals surface area contributed by atoms with Gasteiger partial charge in [0.05, 0.1) is 6.54 Å². The van der Waals surface area contributed by atoms with Gasteiger partial charge >= 0.3 is 0 Å². The smallest absolute Gasteiger partial charge is 0.191 e. The Morgan fingerprint density at radius 3 is 2.79 bits per heavy atom. The zero-order valence-corrected chi connectivity index (χ0v) is 17.1. The summed E-state index contributed by atoms with van der Waals surface area (Å²) in [7, 11) is 0. The first kappa shape index (κ1) is 20.0. The van der Waals surface area contributed by atoms with Crippen LogP contribution < -0.4 is 20.1 Å². The minimum Gasteiger partial charge on any atom is -0.486 e. The first-order valence-electron chi connectivity index (χ1n) is 9.98. The van der Waals surface area contributed by atoms with E-state index < -0.39 is 0 Å². The van der Waals surface area contributed by atoms with Crippen molar-refractivity contribution in [1.82, 2.24) is 20.4 Å². The summed E-state index contributed by atoms with van der Waals surface area (Å²) in [5, 5.41) is 11.0. The van der Waals surface area contributed by atoms with Gasteiger partial charge in [-0.1, -0.05) is 19.9 Å². The van der Waals surface area contributed by atoms with Crippen molar-refractivity contribution in [3.05, 3.63) is 42.2 Å². The number of guanidine groups is 1. The summed E-state index contributed by atoms with van der Waals surface area (Å²) in [4.78, 5) is 4.81. The molecule has 0 bridgehead atoms. The summed E-state index contributed by atoms with van der Waals surface area (Å²) in [5.74, 6) is 2.49. The SMILES string of the molecule is CCNC(=NCC(C)(C)c1ccc2c(c1)OCCO2)NCCCn1cccn1. The molecular weight excluding hydrogens is 354 g/mol. The van der Waals surface area contributed by atoms with Crippen molar-refractivity contribution in [3.8, 4) is 11.5 Å². The third-order valence-electron chi connectivity index (χ3n) is 4.72. The van der Waals surface area contributed by atoms with Gasteiger partial charge in [-0.15, -0.1) is 0 Å². The van der Waals surface area contributed by atoms with Crippen LogP contribution in [0.5, 0.6) is 11.5 Å². The molecule has 7 nitrogen and oxygen atoms in total. The molecule has 0 fully saturated rings. The second kappa shape index (κ2) is 9.48. The average molecular weight is 386 g/mol. The van der Waals surface area contributed by atoms with E-state index in [9.17, 15) is 0 Å². The Labute approximate surface area is 167 Å². The van der Waals surface area contributed by atoms with Gasteiger partial charge in [0.25, 0.3) is 0 Å². The zero-order chi connectivity index (χ0) is 19.8. The normalized spacial score (nSPS) is 14.0. The molecule has 0 spiro atoms. The van der Waals surface area contributed by atoms with Crippen molar-refractivity contribution in [2.24, 2.45) is 4.99 Å². The molecule has 0 aliphatic carbocycles. The fraction of sp³-hybridized carbons (Fsp3) is 0.524. The molecule has 0 radical (unpaired) electrons. The van der Waals surface area contributed by atoms with Gasteiger partial charge in [0.2, 0.25) is 0 Å². The molecule has 0 amide bonds. The summed E-state index contributed by atoms with van der Waals surface area (Å²) in [6.45, 7) is 10.9. The Bertz CT molecular complexity index is 771. The molecular formula is C21H31N5O2. The number of benzene rings is 1. The third kappa shape index (κ3) is 5.41. The summed E-state index contributed by atoms with van der Waals surface area (Å²) < 4.78 is 13.3. The van der Waals surface area contributed by atoms with Crippen molar-refractivity contribution >= 4 is 5.96 Å². The zero-order valence-electron chi connectivity index (χ0n) is 17.1. The van der Waals surface area contributed by atoms with E-state index in [1.807, 2.05) is 23.0 Å². The second-order valence-corrected chi connectivity index (χ2v) is 7.49. The van der Waals surface area contributed by atoms with E-state index >= 15 is 0 Å². The first-order chi connectivity index (χ1) is 13.6. The lowest BCUT2D eigenvalue weighted by atomic mass is 9.84. The molecule has 0 saturated heterocycles. The van der Waals surface area contributed by atoms with E-state index in [4.69, 9.17) is 14.5 Å². The van der Waals surface area contributed by atoms with Crippen molar-refractivity contribution in [3.63, 3.8) is 0 Å². The number of hydrogen-bond acceptors (Lipinski definition) is 4. The van der Waals surface area contributed by atoms with Gasteiger partial charge in [0, 0.05) is 37.4 Å². The van der Waals surface area contributed by atoms with Gasteiger partial charge in [-0.05, 0) is 37.1 Å². The predicted octanol–water partition coefficient (Wildman–Crippen LogP) is 2.58. The second-order valence-electron chi connectivity index (χ2n) is 7.49. The number of hydrogen-bond donors (Lipinski definition) is 2. The summed E-state index contributed by atoms with van der Waals surface area (Å²) in [5.41, 5.74) is 1.07. The first-order valence-corrected chi connectivity index (χ1v) is 9.98. The highest BCUT2D eigenvalue weighted by molar-refractivity contribution is 5.79. The van der Waals surface area contributed by atoms with E-state index in [0.29, 0.717) is 19.8 Å². The fourth-order valence-electron chi connectivity index (χ4n) is 3.05. The van der Waals surface area contributed by atoms with Crippen LogP contribution in [0.15, 0.2) is 41.7 Å². The highest BCUT2D eigenvalue weighted by Gasteiger charge is 2.23. The minimum absolute atomic E-state index is 0.118. The number of nitrogens with zero attached hydrogens (tertiary/aromatic N) is 3. The monoisotopic (exact) mass is 385 g/mol. The molecule has 152 valence electrons. The molecule has 2 aromatic rings. The highest BCUT2D eigenvalue weighted by Crippen LogP contribution is 2.35. The van der Waals surface area contributed by atoms with Gasteiger partial charge in [-0.3, -0.25) is 9.67 Å². The van der Waals surface area contributed by atoms with E-state index in [1.165, 1.54) is 5.56 Å². The van der Waals surface area contributed by atoms with Crippen LogP contribution in [0.2, 0.25) is 0 Å². The van der Waals surface area contributed by atoms with Crippen LogP contribution in [-0.2, 0) is 12.0 Å². The average Bonchev–Trinajstić information content (AvgIpc) is 3.22.